The summed E-state index contributed by atoms with van der Waals surface area (Å²) in [7, 11) is 1.78. The van der Waals surface area contributed by atoms with Crippen LogP contribution in [0.4, 0.5) is 0 Å². The van der Waals surface area contributed by atoms with E-state index in [9.17, 15) is 4.79 Å². The van der Waals surface area contributed by atoms with E-state index in [-0.39, 0.29) is 5.91 Å². The van der Waals surface area contributed by atoms with Gasteiger partial charge in [-0.1, -0.05) is 42.1 Å². The Morgan fingerprint density at radius 3 is 2.75 bits per heavy atom. The highest BCUT2D eigenvalue weighted by Crippen LogP contribution is 2.21. The van der Waals surface area contributed by atoms with Crippen molar-refractivity contribution in [2.45, 2.75) is 18.6 Å². The van der Waals surface area contributed by atoms with Crippen LogP contribution in [-0.4, -0.2) is 33.6 Å². The summed E-state index contributed by atoms with van der Waals surface area (Å²) in [4.78, 5) is 21.5. The molecule has 1 aromatic carbocycles. The van der Waals surface area contributed by atoms with Gasteiger partial charge in [0, 0.05) is 7.05 Å². The van der Waals surface area contributed by atoms with E-state index in [1.807, 2.05) is 49.4 Å². The number of amides is 1. The summed E-state index contributed by atoms with van der Waals surface area (Å²) < 4.78 is 5.50. The fourth-order valence-electron chi connectivity index (χ4n) is 2.27. The van der Waals surface area contributed by atoms with Crippen molar-refractivity contribution in [3.8, 4) is 11.3 Å². The van der Waals surface area contributed by atoms with Crippen molar-refractivity contribution in [1.29, 1.82) is 0 Å². The van der Waals surface area contributed by atoms with Crippen molar-refractivity contribution in [2.75, 3.05) is 12.8 Å². The molecule has 24 heavy (non-hydrogen) atoms. The van der Waals surface area contributed by atoms with Gasteiger partial charge in [0.2, 0.25) is 5.91 Å². The van der Waals surface area contributed by atoms with Gasteiger partial charge in [0.1, 0.15) is 11.5 Å². The van der Waals surface area contributed by atoms with Gasteiger partial charge in [-0.3, -0.25) is 4.79 Å². The molecule has 3 aromatic rings. The third-order valence-electron chi connectivity index (χ3n) is 3.58. The van der Waals surface area contributed by atoms with Crippen LogP contribution in [0.5, 0.6) is 0 Å². The Morgan fingerprint density at radius 1 is 1.25 bits per heavy atom. The van der Waals surface area contributed by atoms with Gasteiger partial charge >= 0.3 is 0 Å². The molecule has 1 N–H and O–H groups in total. The van der Waals surface area contributed by atoms with Crippen molar-refractivity contribution in [2.24, 2.45) is 0 Å². The van der Waals surface area contributed by atoms with E-state index in [2.05, 4.69) is 9.97 Å². The smallest absolute Gasteiger partial charge is 0.233 e. The molecule has 0 aliphatic carbocycles. The van der Waals surface area contributed by atoms with Gasteiger partial charge in [0.25, 0.3) is 0 Å². The SMILES string of the molecule is Cc1ccc(CN(C)C(=O)CSc2ncc(-c3ccccc3)[nH]2)o1. The zero-order chi connectivity index (χ0) is 16.9. The van der Waals surface area contributed by atoms with Gasteiger partial charge in [-0.15, -0.1) is 0 Å². The normalized spacial score (nSPS) is 10.8. The van der Waals surface area contributed by atoms with E-state index in [0.717, 1.165) is 27.9 Å². The van der Waals surface area contributed by atoms with Gasteiger partial charge in [-0.25, -0.2) is 4.98 Å². The van der Waals surface area contributed by atoms with Crippen molar-refractivity contribution in [3.05, 3.63) is 60.2 Å². The number of thioether (sulfide) groups is 1. The Labute approximate surface area is 145 Å². The summed E-state index contributed by atoms with van der Waals surface area (Å²) in [5, 5.41) is 0.740. The fourth-order valence-corrected chi connectivity index (χ4v) is 3.06. The number of furan rings is 1. The number of H-pyrrole nitrogens is 1. The quantitative estimate of drug-likeness (QED) is 0.694. The zero-order valence-electron chi connectivity index (χ0n) is 13.7. The summed E-state index contributed by atoms with van der Waals surface area (Å²) >= 11 is 1.40. The highest BCUT2D eigenvalue weighted by atomic mass is 32.2. The number of hydrogen-bond acceptors (Lipinski definition) is 4. The average molecular weight is 341 g/mol. The minimum absolute atomic E-state index is 0.0340. The number of hydrogen-bond donors (Lipinski definition) is 1. The third-order valence-corrected chi connectivity index (χ3v) is 4.46. The Bertz CT molecular complexity index is 811. The monoisotopic (exact) mass is 341 g/mol. The van der Waals surface area contributed by atoms with E-state index in [0.29, 0.717) is 12.3 Å². The summed E-state index contributed by atoms with van der Waals surface area (Å²) in [6.07, 6.45) is 1.79. The number of rotatable bonds is 6. The zero-order valence-corrected chi connectivity index (χ0v) is 14.5. The standard InChI is InChI=1S/C18H19N3O2S/c1-13-8-9-15(23-13)11-21(2)17(22)12-24-18-19-10-16(20-18)14-6-4-3-5-7-14/h3-10H,11-12H2,1-2H3,(H,19,20). The molecule has 0 aliphatic rings. The van der Waals surface area contributed by atoms with Crippen LogP contribution in [0.3, 0.4) is 0 Å². The Balaban J connectivity index is 1.53. The molecule has 0 unspecified atom stereocenters. The molecule has 0 aliphatic heterocycles. The average Bonchev–Trinajstić information content (AvgIpc) is 3.22. The van der Waals surface area contributed by atoms with E-state index in [4.69, 9.17) is 4.42 Å². The lowest BCUT2D eigenvalue weighted by atomic mass is 10.2. The number of nitrogens with zero attached hydrogens (tertiary/aromatic N) is 2. The first-order chi connectivity index (χ1) is 11.6. The predicted molar refractivity (Wildman–Crippen MR) is 94.7 cm³/mol. The van der Waals surface area contributed by atoms with Crippen molar-refractivity contribution < 1.29 is 9.21 Å². The van der Waals surface area contributed by atoms with Crippen LogP contribution < -0.4 is 0 Å². The highest BCUT2D eigenvalue weighted by molar-refractivity contribution is 7.99. The maximum absolute atomic E-state index is 12.2. The van der Waals surface area contributed by atoms with Crippen LogP contribution in [0.2, 0.25) is 0 Å². The molecular formula is C18H19N3O2S. The summed E-state index contributed by atoms with van der Waals surface area (Å²) in [6, 6.07) is 13.8. The molecule has 124 valence electrons. The molecule has 2 aromatic heterocycles. The lowest BCUT2D eigenvalue weighted by Gasteiger charge is -2.14. The minimum Gasteiger partial charge on any atom is -0.464 e. The van der Waals surface area contributed by atoms with Crippen LogP contribution in [0.1, 0.15) is 11.5 Å². The molecule has 0 fully saturated rings. The lowest BCUT2D eigenvalue weighted by Crippen LogP contribution is -2.27. The molecule has 6 heteroatoms. The van der Waals surface area contributed by atoms with Crippen molar-refractivity contribution in [3.63, 3.8) is 0 Å². The number of nitrogens with one attached hydrogen (secondary N) is 1. The minimum atomic E-state index is 0.0340. The summed E-state index contributed by atoms with van der Waals surface area (Å²) in [5.41, 5.74) is 2.03. The first kappa shape index (κ1) is 16.4. The third kappa shape index (κ3) is 4.08. The van der Waals surface area contributed by atoms with Crippen molar-refractivity contribution >= 4 is 17.7 Å². The number of aryl methyl sites for hydroxylation is 1. The van der Waals surface area contributed by atoms with E-state index >= 15 is 0 Å². The number of imidazole rings is 1. The lowest BCUT2D eigenvalue weighted by molar-refractivity contribution is -0.127. The molecule has 0 radical (unpaired) electrons. The number of aromatic nitrogens is 2. The molecule has 0 spiro atoms. The Hall–Kier alpha value is -2.47. The van der Waals surface area contributed by atoms with E-state index in [1.165, 1.54) is 11.8 Å². The van der Waals surface area contributed by atoms with Gasteiger partial charge in [0.15, 0.2) is 5.16 Å². The van der Waals surface area contributed by atoms with Gasteiger partial charge < -0.3 is 14.3 Å². The summed E-state index contributed by atoms with van der Waals surface area (Å²) in [6.45, 7) is 2.36. The van der Waals surface area contributed by atoms with E-state index < -0.39 is 0 Å². The van der Waals surface area contributed by atoms with Gasteiger partial charge in [0.05, 0.1) is 24.2 Å². The molecule has 0 saturated heterocycles. The van der Waals surface area contributed by atoms with Crippen LogP contribution in [0.25, 0.3) is 11.3 Å². The molecule has 0 bridgehead atoms. The molecule has 1 amide bonds. The van der Waals surface area contributed by atoms with Crippen LogP contribution >= 0.6 is 11.8 Å². The first-order valence-electron chi connectivity index (χ1n) is 7.64. The first-order valence-corrected chi connectivity index (χ1v) is 8.63. The molecule has 0 atom stereocenters. The molecule has 5 nitrogen and oxygen atoms in total. The maximum atomic E-state index is 12.2. The molecule has 0 saturated carbocycles. The van der Waals surface area contributed by atoms with Crippen LogP contribution in [0.15, 0.2) is 58.2 Å². The Kier molecular flexibility index (Phi) is 5.05. The van der Waals surface area contributed by atoms with E-state index in [1.54, 1.807) is 18.1 Å². The van der Waals surface area contributed by atoms with Gasteiger partial charge in [-0.05, 0) is 24.6 Å². The predicted octanol–water partition coefficient (Wildman–Crippen LogP) is 3.73. The molecular weight excluding hydrogens is 322 g/mol. The fraction of sp³-hybridized carbons (Fsp3) is 0.222. The molecule has 2 heterocycles. The largest absolute Gasteiger partial charge is 0.464 e. The van der Waals surface area contributed by atoms with Crippen LogP contribution in [0, 0.1) is 6.92 Å². The maximum Gasteiger partial charge on any atom is 0.233 e. The second-order valence-corrected chi connectivity index (χ2v) is 6.48. The summed E-state index contributed by atoms with van der Waals surface area (Å²) in [5.74, 6) is 2.01. The number of carbonyl (C=O) groups is 1. The highest BCUT2D eigenvalue weighted by Gasteiger charge is 2.13. The topological polar surface area (TPSA) is 62.1 Å². The second-order valence-electron chi connectivity index (χ2n) is 5.52. The Morgan fingerprint density at radius 2 is 2.04 bits per heavy atom. The number of aromatic amines is 1. The molecule has 3 rings (SSSR count). The van der Waals surface area contributed by atoms with Gasteiger partial charge in [-0.2, -0.15) is 0 Å². The second kappa shape index (κ2) is 7.40. The van der Waals surface area contributed by atoms with Crippen molar-refractivity contribution in [1.82, 2.24) is 14.9 Å². The van der Waals surface area contributed by atoms with Crippen LogP contribution in [-0.2, 0) is 11.3 Å². The number of carbonyl (C=O) groups excluding carboxylic acids is 1. The number of benzene rings is 1.